The summed E-state index contributed by atoms with van der Waals surface area (Å²) >= 11 is 0. The maximum absolute atomic E-state index is 5.68. The molecule has 0 saturated heterocycles. The summed E-state index contributed by atoms with van der Waals surface area (Å²) < 4.78 is 5.36. The third kappa shape index (κ3) is 3.69. The maximum atomic E-state index is 5.68. The summed E-state index contributed by atoms with van der Waals surface area (Å²) in [6, 6.07) is 11.9. The van der Waals surface area contributed by atoms with Gasteiger partial charge in [0.2, 0.25) is 0 Å². The van der Waals surface area contributed by atoms with Crippen LogP contribution in [0.1, 0.15) is 11.1 Å². The Balaban J connectivity index is 2.03. The third-order valence-electron chi connectivity index (χ3n) is 2.93. The highest BCUT2D eigenvalue weighted by molar-refractivity contribution is 5.34. The number of nitrogens with two attached hydrogens (primary N) is 1. The average Bonchev–Trinajstić information content (AvgIpc) is 2.39. The van der Waals surface area contributed by atoms with E-state index in [1.54, 1.807) is 13.3 Å². The van der Waals surface area contributed by atoms with Crippen molar-refractivity contribution in [2.75, 3.05) is 19.9 Å². The number of anilines is 1. The highest BCUT2D eigenvalue weighted by atomic mass is 16.5. The van der Waals surface area contributed by atoms with Gasteiger partial charge in [-0.1, -0.05) is 18.2 Å². The lowest BCUT2D eigenvalue weighted by atomic mass is 10.1. The van der Waals surface area contributed by atoms with E-state index >= 15 is 0 Å². The van der Waals surface area contributed by atoms with Crippen LogP contribution in [-0.4, -0.2) is 24.0 Å². The average molecular weight is 257 g/mol. The molecule has 100 valence electrons. The number of nitrogens with zero attached hydrogens (tertiary/aromatic N) is 2. The largest absolute Gasteiger partial charge is 0.496 e. The Bertz CT molecular complexity index is 542. The highest BCUT2D eigenvalue weighted by Gasteiger charge is 2.06. The number of benzene rings is 1. The number of ether oxygens (including phenoxy) is 1. The predicted octanol–water partition coefficient (Wildman–Crippen LogP) is 2.30. The minimum Gasteiger partial charge on any atom is -0.496 e. The summed E-state index contributed by atoms with van der Waals surface area (Å²) in [6.07, 6.45) is 1.74. The number of aromatic nitrogens is 1. The fourth-order valence-electron chi connectivity index (χ4n) is 2.08. The lowest BCUT2D eigenvalue weighted by Crippen LogP contribution is -2.17. The summed E-state index contributed by atoms with van der Waals surface area (Å²) in [5.41, 5.74) is 8.02. The summed E-state index contributed by atoms with van der Waals surface area (Å²) in [7, 11) is 3.77. The Hall–Kier alpha value is -2.07. The van der Waals surface area contributed by atoms with Crippen LogP contribution in [0.15, 0.2) is 42.6 Å². The number of methoxy groups -OCH3 is 1. The molecule has 0 aliphatic rings. The fraction of sp³-hybridized carbons (Fsp3) is 0.267. The van der Waals surface area contributed by atoms with E-state index in [2.05, 4.69) is 23.0 Å². The van der Waals surface area contributed by atoms with Crippen molar-refractivity contribution in [3.05, 3.63) is 53.7 Å². The van der Waals surface area contributed by atoms with E-state index in [0.717, 1.165) is 24.4 Å². The van der Waals surface area contributed by atoms with Crippen LogP contribution in [0.2, 0.25) is 0 Å². The molecule has 19 heavy (non-hydrogen) atoms. The number of hydrogen-bond donors (Lipinski definition) is 1. The van der Waals surface area contributed by atoms with Gasteiger partial charge in [-0.05, 0) is 30.8 Å². The van der Waals surface area contributed by atoms with Crippen LogP contribution in [-0.2, 0) is 13.1 Å². The lowest BCUT2D eigenvalue weighted by Gasteiger charge is -2.18. The first kappa shape index (κ1) is 13.4. The predicted molar refractivity (Wildman–Crippen MR) is 76.8 cm³/mol. The number of hydrogen-bond acceptors (Lipinski definition) is 4. The molecule has 0 fully saturated rings. The van der Waals surface area contributed by atoms with Crippen molar-refractivity contribution in [2.24, 2.45) is 0 Å². The Morgan fingerprint density at radius 3 is 2.74 bits per heavy atom. The fourth-order valence-corrected chi connectivity index (χ4v) is 2.08. The summed E-state index contributed by atoms with van der Waals surface area (Å²) in [5, 5.41) is 0. The molecule has 0 aliphatic carbocycles. The second-order valence-electron chi connectivity index (χ2n) is 4.57. The van der Waals surface area contributed by atoms with E-state index in [9.17, 15) is 0 Å². The molecule has 1 heterocycles. The molecule has 4 nitrogen and oxygen atoms in total. The van der Waals surface area contributed by atoms with Crippen LogP contribution in [0.4, 0.5) is 5.82 Å². The molecule has 0 bridgehead atoms. The summed E-state index contributed by atoms with van der Waals surface area (Å²) in [4.78, 5) is 6.21. The van der Waals surface area contributed by atoms with E-state index in [0.29, 0.717) is 5.82 Å². The molecule has 0 atom stereocenters. The smallest absolute Gasteiger partial charge is 0.123 e. The molecule has 2 rings (SSSR count). The number of pyridine rings is 1. The van der Waals surface area contributed by atoms with Gasteiger partial charge in [0, 0.05) is 24.8 Å². The van der Waals surface area contributed by atoms with Crippen molar-refractivity contribution in [1.29, 1.82) is 0 Å². The SMILES string of the molecule is COc1ccccc1CN(C)Cc1ccnc(N)c1. The molecule has 0 radical (unpaired) electrons. The minimum atomic E-state index is 0.559. The van der Waals surface area contributed by atoms with Gasteiger partial charge in [-0.25, -0.2) is 4.98 Å². The molecular weight excluding hydrogens is 238 g/mol. The van der Waals surface area contributed by atoms with Gasteiger partial charge in [0.1, 0.15) is 11.6 Å². The number of para-hydroxylation sites is 1. The Morgan fingerprint density at radius 1 is 1.21 bits per heavy atom. The summed E-state index contributed by atoms with van der Waals surface area (Å²) in [6.45, 7) is 1.65. The number of nitrogen functional groups attached to an aromatic ring is 1. The minimum absolute atomic E-state index is 0.559. The first-order valence-electron chi connectivity index (χ1n) is 6.20. The van der Waals surface area contributed by atoms with E-state index in [1.807, 2.05) is 30.3 Å². The lowest BCUT2D eigenvalue weighted by molar-refractivity contribution is 0.310. The summed E-state index contributed by atoms with van der Waals surface area (Å²) in [5.74, 6) is 1.48. The standard InChI is InChI=1S/C15H19N3O/c1-18(10-12-7-8-17-15(16)9-12)11-13-5-3-4-6-14(13)19-2/h3-9H,10-11H2,1-2H3,(H2,16,17). The number of rotatable bonds is 5. The van der Waals surface area contributed by atoms with Crippen molar-refractivity contribution < 1.29 is 4.74 Å². The van der Waals surface area contributed by atoms with Crippen LogP contribution in [0.25, 0.3) is 0 Å². The zero-order chi connectivity index (χ0) is 13.7. The normalized spacial score (nSPS) is 10.7. The van der Waals surface area contributed by atoms with Crippen LogP contribution in [0, 0.1) is 0 Å². The monoisotopic (exact) mass is 257 g/mol. The van der Waals surface area contributed by atoms with Crippen LogP contribution in [0.3, 0.4) is 0 Å². The zero-order valence-electron chi connectivity index (χ0n) is 11.3. The molecule has 2 N–H and O–H groups in total. The molecule has 0 saturated carbocycles. The van der Waals surface area contributed by atoms with Gasteiger partial charge >= 0.3 is 0 Å². The van der Waals surface area contributed by atoms with Gasteiger partial charge in [-0.2, -0.15) is 0 Å². The third-order valence-corrected chi connectivity index (χ3v) is 2.93. The van der Waals surface area contributed by atoms with Crippen LogP contribution in [0.5, 0.6) is 5.75 Å². The quantitative estimate of drug-likeness (QED) is 0.893. The molecule has 2 aromatic rings. The van der Waals surface area contributed by atoms with E-state index < -0.39 is 0 Å². The molecule has 1 aromatic heterocycles. The molecule has 1 aromatic carbocycles. The van der Waals surface area contributed by atoms with E-state index in [4.69, 9.17) is 10.5 Å². The van der Waals surface area contributed by atoms with Crippen LogP contribution < -0.4 is 10.5 Å². The van der Waals surface area contributed by atoms with E-state index in [1.165, 1.54) is 5.56 Å². The second-order valence-corrected chi connectivity index (χ2v) is 4.57. The van der Waals surface area contributed by atoms with Gasteiger partial charge in [0.15, 0.2) is 0 Å². The Kier molecular flexibility index (Phi) is 4.36. The van der Waals surface area contributed by atoms with Crippen LogP contribution >= 0.6 is 0 Å². The Labute approximate surface area is 113 Å². The first-order valence-corrected chi connectivity index (χ1v) is 6.20. The molecule has 0 spiro atoms. The molecular formula is C15H19N3O. The molecule has 0 aliphatic heterocycles. The van der Waals surface area contributed by atoms with Crippen molar-refractivity contribution in [3.63, 3.8) is 0 Å². The first-order chi connectivity index (χ1) is 9.19. The van der Waals surface area contributed by atoms with Crippen molar-refractivity contribution in [1.82, 2.24) is 9.88 Å². The second kappa shape index (κ2) is 6.20. The van der Waals surface area contributed by atoms with Crippen molar-refractivity contribution in [2.45, 2.75) is 13.1 Å². The van der Waals surface area contributed by atoms with Crippen molar-refractivity contribution in [3.8, 4) is 5.75 Å². The Morgan fingerprint density at radius 2 is 2.00 bits per heavy atom. The van der Waals surface area contributed by atoms with Gasteiger partial charge < -0.3 is 10.5 Å². The topological polar surface area (TPSA) is 51.4 Å². The molecule has 0 unspecified atom stereocenters. The highest BCUT2D eigenvalue weighted by Crippen LogP contribution is 2.19. The molecule has 4 heteroatoms. The van der Waals surface area contributed by atoms with Gasteiger partial charge in [-0.3, -0.25) is 4.90 Å². The van der Waals surface area contributed by atoms with E-state index in [-0.39, 0.29) is 0 Å². The van der Waals surface area contributed by atoms with Gasteiger partial charge in [0.05, 0.1) is 7.11 Å². The van der Waals surface area contributed by atoms with Gasteiger partial charge in [0.25, 0.3) is 0 Å². The maximum Gasteiger partial charge on any atom is 0.123 e. The van der Waals surface area contributed by atoms with Crippen molar-refractivity contribution >= 4 is 5.82 Å². The molecule has 0 amide bonds. The zero-order valence-corrected chi connectivity index (χ0v) is 11.3. The van der Waals surface area contributed by atoms with Gasteiger partial charge in [-0.15, -0.1) is 0 Å².